The average Bonchev–Trinajstić information content (AvgIpc) is 2.62. The van der Waals surface area contributed by atoms with Gasteiger partial charge in [-0.25, -0.2) is 4.39 Å². The van der Waals surface area contributed by atoms with Gasteiger partial charge >= 0.3 is 0 Å². The van der Waals surface area contributed by atoms with Crippen LogP contribution in [0.4, 0.5) is 10.1 Å². The van der Waals surface area contributed by atoms with E-state index in [9.17, 15) is 9.18 Å². The first-order valence-electron chi connectivity index (χ1n) is 6.72. The Morgan fingerprint density at radius 3 is 2.82 bits per heavy atom. The van der Waals surface area contributed by atoms with Crippen molar-refractivity contribution in [3.8, 4) is 0 Å². The Labute approximate surface area is 142 Å². The fourth-order valence-electron chi connectivity index (χ4n) is 2.36. The van der Waals surface area contributed by atoms with Crippen LogP contribution in [-0.4, -0.2) is 11.7 Å². The number of thioether (sulfide) groups is 1. The number of rotatable bonds is 2. The number of hydrogen-bond acceptors (Lipinski definition) is 2. The average molecular weight is 356 g/mol. The van der Waals surface area contributed by atoms with Gasteiger partial charge < -0.3 is 4.90 Å². The van der Waals surface area contributed by atoms with Crippen molar-refractivity contribution in [1.82, 2.24) is 0 Å². The van der Waals surface area contributed by atoms with E-state index < -0.39 is 5.82 Å². The molecule has 3 rings (SSSR count). The monoisotopic (exact) mass is 355 g/mol. The van der Waals surface area contributed by atoms with Crippen LogP contribution < -0.4 is 4.90 Å². The molecule has 0 spiro atoms. The number of nitrogens with zero attached hydrogens (tertiary/aromatic N) is 1. The summed E-state index contributed by atoms with van der Waals surface area (Å²) < 4.78 is 14.0. The van der Waals surface area contributed by atoms with Crippen LogP contribution in [0.25, 0.3) is 0 Å². The Morgan fingerprint density at radius 1 is 1.23 bits per heavy atom. The van der Waals surface area contributed by atoms with Crippen LogP contribution in [0, 0.1) is 5.82 Å². The largest absolute Gasteiger partial charge is 0.307 e. The van der Waals surface area contributed by atoms with Crippen molar-refractivity contribution in [2.75, 3.05) is 10.7 Å². The third-order valence-electron chi connectivity index (χ3n) is 3.46. The Bertz CT molecular complexity index is 718. The van der Waals surface area contributed by atoms with Gasteiger partial charge in [-0.1, -0.05) is 29.3 Å². The SMILES string of the molecule is O=C1CCSc2ccc(Cl)cc2N1Cc1c(F)cccc1Cl. The summed E-state index contributed by atoms with van der Waals surface area (Å²) in [4.78, 5) is 14.9. The number of anilines is 1. The standard InChI is InChI=1S/C16H12Cl2FNOS/c17-10-4-5-15-14(8-10)20(16(21)6-7-22-15)9-11-12(18)2-1-3-13(11)19/h1-5,8H,6-7,9H2. The Morgan fingerprint density at radius 2 is 2.05 bits per heavy atom. The molecule has 0 unspecified atom stereocenters. The van der Waals surface area contributed by atoms with Crippen molar-refractivity contribution in [2.45, 2.75) is 17.9 Å². The summed E-state index contributed by atoms with van der Waals surface area (Å²) in [5.41, 5.74) is 1.02. The van der Waals surface area contributed by atoms with E-state index in [1.807, 2.05) is 6.07 Å². The molecule has 1 amide bonds. The summed E-state index contributed by atoms with van der Waals surface area (Å²) >= 11 is 13.7. The molecule has 0 saturated carbocycles. The van der Waals surface area contributed by atoms with Crippen LogP contribution in [-0.2, 0) is 11.3 Å². The molecule has 0 bridgehead atoms. The van der Waals surface area contributed by atoms with Gasteiger partial charge in [-0.05, 0) is 30.3 Å². The molecule has 2 nitrogen and oxygen atoms in total. The first-order chi connectivity index (χ1) is 10.6. The predicted octanol–water partition coefficient (Wildman–Crippen LogP) is 5.16. The molecule has 0 atom stereocenters. The quantitative estimate of drug-likeness (QED) is 0.741. The van der Waals surface area contributed by atoms with E-state index in [0.717, 1.165) is 4.90 Å². The topological polar surface area (TPSA) is 20.3 Å². The molecule has 22 heavy (non-hydrogen) atoms. The molecule has 1 aliphatic heterocycles. The number of halogens is 3. The molecule has 1 aliphatic rings. The van der Waals surface area contributed by atoms with Crippen LogP contribution in [0.1, 0.15) is 12.0 Å². The van der Waals surface area contributed by atoms with Crippen molar-refractivity contribution in [3.05, 3.63) is 57.8 Å². The van der Waals surface area contributed by atoms with Crippen LogP contribution in [0.2, 0.25) is 10.0 Å². The number of amides is 1. The highest BCUT2D eigenvalue weighted by Gasteiger charge is 2.24. The van der Waals surface area contributed by atoms with Crippen LogP contribution in [0.3, 0.4) is 0 Å². The minimum Gasteiger partial charge on any atom is -0.307 e. The third kappa shape index (κ3) is 3.09. The zero-order chi connectivity index (χ0) is 15.7. The molecule has 0 N–H and O–H groups in total. The van der Waals surface area contributed by atoms with Gasteiger partial charge in [-0.15, -0.1) is 11.8 Å². The van der Waals surface area contributed by atoms with E-state index in [1.54, 1.807) is 40.9 Å². The lowest BCUT2D eigenvalue weighted by Gasteiger charge is -2.23. The van der Waals surface area contributed by atoms with Gasteiger partial charge in [0.05, 0.1) is 12.2 Å². The van der Waals surface area contributed by atoms with Crippen molar-refractivity contribution < 1.29 is 9.18 Å². The minimum atomic E-state index is -0.416. The minimum absolute atomic E-state index is 0.0622. The molecule has 0 aliphatic carbocycles. The van der Waals surface area contributed by atoms with Gasteiger partial charge in [0.25, 0.3) is 0 Å². The number of carbonyl (C=O) groups is 1. The zero-order valence-electron chi connectivity index (χ0n) is 11.5. The van der Waals surface area contributed by atoms with E-state index in [-0.39, 0.29) is 12.5 Å². The lowest BCUT2D eigenvalue weighted by atomic mass is 10.1. The maximum atomic E-state index is 14.0. The molecular weight excluding hydrogens is 344 g/mol. The number of fused-ring (bicyclic) bond motifs is 1. The van der Waals surface area contributed by atoms with E-state index in [0.29, 0.717) is 33.5 Å². The van der Waals surface area contributed by atoms with E-state index in [2.05, 4.69) is 0 Å². The number of benzene rings is 2. The maximum absolute atomic E-state index is 14.0. The van der Waals surface area contributed by atoms with Crippen molar-refractivity contribution in [1.29, 1.82) is 0 Å². The van der Waals surface area contributed by atoms with Crippen LogP contribution >= 0.6 is 35.0 Å². The van der Waals surface area contributed by atoms with Crippen LogP contribution in [0.5, 0.6) is 0 Å². The maximum Gasteiger partial charge on any atom is 0.228 e. The summed E-state index contributed by atoms with van der Waals surface area (Å²) in [7, 11) is 0. The first-order valence-corrected chi connectivity index (χ1v) is 8.46. The summed E-state index contributed by atoms with van der Waals surface area (Å²) in [6.07, 6.45) is 0.392. The normalized spacial score (nSPS) is 14.7. The molecule has 0 saturated heterocycles. The fraction of sp³-hybridized carbons (Fsp3) is 0.188. The highest BCUT2D eigenvalue weighted by atomic mass is 35.5. The van der Waals surface area contributed by atoms with E-state index >= 15 is 0 Å². The van der Waals surface area contributed by atoms with E-state index in [4.69, 9.17) is 23.2 Å². The summed E-state index contributed by atoms with van der Waals surface area (Å²) in [5, 5.41) is 0.854. The second-order valence-corrected chi connectivity index (χ2v) is 6.87. The lowest BCUT2D eigenvalue weighted by molar-refractivity contribution is -0.118. The molecule has 0 aromatic heterocycles. The lowest BCUT2D eigenvalue weighted by Crippen LogP contribution is -2.30. The Balaban J connectivity index is 2.05. The smallest absolute Gasteiger partial charge is 0.228 e. The van der Waals surface area contributed by atoms with Crippen LogP contribution in [0.15, 0.2) is 41.3 Å². The summed E-state index contributed by atoms with van der Waals surface area (Å²) in [5.74, 6) is 0.211. The molecule has 2 aromatic rings. The second-order valence-electron chi connectivity index (χ2n) is 4.89. The Kier molecular flexibility index (Phi) is 4.62. The molecular formula is C16H12Cl2FNOS. The highest BCUT2D eigenvalue weighted by Crippen LogP contribution is 2.37. The second kappa shape index (κ2) is 6.49. The van der Waals surface area contributed by atoms with Gasteiger partial charge in [-0.2, -0.15) is 0 Å². The molecule has 0 fully saturated rings. The number of carbonyl (C=O) groups excluding carboxylic acids is 1. The van der Waals surface area contributed by atoms with Gasteiger partial charge in [0.2, 0.25) is 5.91 Å². The fourth-order valence-corrected chi connectivity index (χ4v) is 3.72. The van der Waals surface area contributed by atoms with Crippen molar-refractivity contribution >= 4 is 46.6 Å². The van der Waals surface area contributed by atoms with Gasteiger partial charge in [0, 0.05) is 32.7 Å². The third-order valence-corrected chi connectivity index (χ3v) is 5.12. The zero-order valence-corrected chi connectivity index (χ0v) is 13.8. The van der Waals surface area contributed by atoms with Crippen molar-refractivity contribution in [3.63, 3.8) is 0 Å². The highest BCUT2D eigenvalue weighted by molar-refractivity contribution is 7.99. The predicted molar refractivity (Wildman–Crippen MR) is 89.4 cm³/mol. The molecule has 1 heterocycles. The Hall–Kier alpha value is -1.23. The van der Waals surface area contributed by atoms with Gasteiger partial charge in [0.15, 0.2) is 0 Å². The molecule has 114 valence electrons. The van der Waals surface area contributed by atoms with Crippen molar-refractivity contribution in [2.24, 2.45) is 0 Å². The summed E-state index contributed by atoms with van der Waals surface area (Å²) in [6.45, 7) is 0.0955. The molecule has 6 heteroatoms. The first kappa shape index (κ1) is 15.7. The van der Waals surface area contributed by atoms with Gasteiger partial charge in [0.1, 0.15) is 5.82 Å². The summed E-state index contributed by atoms with van der Waals surface area (Å²) in [6, 6.07) is 9.93. The molecule has 0 radical (unpaired) electrons. The van der Waals surface area contributed by atoms with Gasteiger partial charge in [-0.3, -0.25) is 4.79 Å². The van der Waals surface area contributed by atoms with E-state index in [1.165, 1.54) is 6.07 Å². The number of hydrogen-bond donors (Lipinski definition) is 0. The molecule has 2 aromatic carbocycles.